The van der Waals surface area contributed by atoms with Crippen molar-refractivity contribution in [2.75, 3.05) is 11.9 Å². The van der Waals surface area contributed by atoms with Gasteiger partial charge in [-0.25, -0.2) is 4.39 Å². The van der Waals surface area contributed by atoms with Crippen LogP contribution in [0.3, 0.4) is 0 Å². The summed E-state index contributed by atoms with van der Waals surface area (Å²) in [4.78, 5) is 9.80. The van der Waals surface area contributed by atoms with Gasteiger partial charge in [-0.15, -0.1) is 0 Å². The average Bonchev–Trinajstić information content (AvgIpc) is 3.10. The minimum absolute atomic E-state index is 0.0181. The number of nitrogens with two attached hydrogens (primary N) is 1. The quantitative estimate of drug-likeness (QED) is 0.607. The number of nitrogens with zero attached hydrogens (tertiary/aromatic N) is 1. The summed E-state index contributed by atoms with van der Waals surface area (Å²) in [5, 5.41) is 13.3. The van der Waals surface area contributed by atoms with E-state index in [4.69, 9.17) is 5.73 Å². The second-order valence-electron chi connectivity index (χ2n) is 4.30. The van der Waals surface area contributed by atoms with Gasteiger partial charge in [0.1, 0.15) is 0 Å². The van der Waals surface area contributed by atoms with Crippen molar-refractivity contribution in [1.29, 1.82) is 0 Å². The van der Waals surface area contributed by atoms with E-state index >= 15 is 0 Å². The Morgan fingerprint density at radius 3 is 2.82 bits per heavy atom. The fraction of sp³-hybridized carbons (Fsp3) is 0.455. The van der Waals surface area contributed by atoms with E-state index in [2.05, 4.69) is 5.32 Å². The summed E-state index contributed by atoms with van der Waals surface area (Å²) in [6, 6.07) is 3.57. The Kier molecular flexibility index (Phi) is 3.23. The molecule has 0 amide bonds. The number of hydrogen-bond donors (Lipinski definition) is 2. The van der Waals surface area contributed by atoms with Crippen LogP contribution in [0.15, 0.2) is 18.2 Å². The third-order valence-electron chi connectivity index (χ3n) is 2.92. The van der Waals surface area contributed by atoms with Crippen LogP contribution in [-0.2, 0) is 0 Å². The molecular formula is C11H14FN3O2. The van der Waals surface area contributed by atoms with E-state index in [0.29, 0.717) is 12.5 Å². The molecule has 2 rings (SSSR count). The number of non-ortho nitro benzene ring substituents is 1. The lowest BCUT2D eigenvalue weighted by atomic mass is 10.2. The summed E-state index contributed by atoms with van der Waals surface area (Å²) < 4.78 is 13.5. The van der Waals surface area contributed by atoms with E-state index in [9.17, 15) is 14.5 Å². The molecule has 1 aliphatic carbocycles. The third kappa shape index (κ3) is 2.91. The molecule has 1 aliphatic rings. The molecule has 0 aromatic heterocycles. The van der Waals surface area contributed by atoms with Crippen molar-refractivity contribution < 1.29 is 9.31 Å². The Morgan fingerprint density at radius 1 is 1.59 bits per heavy atom. The van der Waals surface area contributed by atoms with E-state index in [0.717, 1.165) is 18.9 Å². The molecule has 1 atom stereocenters. The van der Waals surface area contributed by atoms with Gasteiger partial charge in [-0.3, -0.25) is 10.1 Å². The van der Waals surface area contributed by atoms with Gasteiger partial charge < -0.3 is 11.1 Å². The summed E-state index contributed by atoms with van der Waals surface area (Å²) in [5.74, 6) is -0.0918. The predicted octanol–water partition coefficient (Wildman–Crippen LogP) is 1.88. The molecule has 17 heavy (non-hydrogen) atoms. The second-order valence-corrected chi connectivity index (χ2v) is 4.30. The van der Waals surface area contributed by atoms with Crippen LogP contribution < -0.4 is 11.1 Å². The van der Waals surface area contributed by atoms with Gasteiger partial charge in [0.05, 0.1) is 16.7 Å². The Labute approximate surface area is 98.0 Å². The standard InChI is InChI=1S/C11H14FN3O2/c12-9-5-8(15(16)17)3-4-11(9)14-6-10(13)7-1-2-7/h3-5,7,10,14H,1-2,6,13H2. The monoisotopic (exact) mass is 239 g/mol. The molecule has 1 saturated carbocycles. The number of hydrogen-bond acceptors (Lipinski definition) is 4. The van der Waals surface area contributed by atoms with Crippen LogP contribution in [-0.4, -0.2) is 17.5 Å². The van der Waals surface area contributed by atoms with E-state index < -0.39 is 10.7 Å². The summed E-state index contributed by atoms with van der Waals surface area (Å²) in [6.07, 6.45) is 2.26. The molecule has 5 nitrogen and oxygen atoms in total. The SMILES string of the molecule is NC(CNc1ccc([N+](=O)[O-])cc1F)C1CC1. The fourth-order valence-electron chi connectivity index (χ4n) is 1.68. The van der Waals surface area contributed by atoms with Gasteiger partial charge in [0.25, 0.3) is 5.69 Å². The van der Waals surface area contributed by atoms with Gasteiger partial charge in [0.2, 0.25) is 0 Å². The summed E-state index contributed by atoms with van der Waals surface area (Å²) >= 11 is 0. The lowest BCUT2D eigenvalue weighted by Gasteiger charge is -2.12. The van der Waals surface area contributed by atoms with E-state index in [1.165, 1.54) is 12.1 Å². The smallest absolute Gasteiger partial charge is 0.272 e. The largest absolute Gasteiger partial charge is 0.381 e. The van der Waals surface area contributed by atoms with Crippen LogP contribution in [0, 0.1) is 21.8 Å². The molecule has 0 spiro atoms. The maximum atomic E-state index is 13.5. The molecule has 1 unspecified atom stereocenters. The Hall–Kier alpha value is -1.69. The summed E-state index contributed by atoms with van der Waals surface area (Å²) in [6.45, 7) is 0.486. The van der Waals surface area contributed by atoms with Crippen LogP contribution in [0.5, 0.6) is 0 Å². The van der Waals surface area contributed by atoms with Crippen molar-refractivity contribution in [3.8, 4) is 0 Å². The third-order valence-corrected chi connectivity index (χ3v) is 2.92. The molecule has 0 bridgehead atoms. The van der Waals surface area contributed by atoms with Gasteiger partial charge in [-0.2, -0.15) is 0 Å². The molecule has 0 saturated heterocycles. The molecule has 0 heterocycles. The zero-order chi connectivity index (χ0) is 12.4. The second kappa shape index (κ2) is 4.67. The minimum Gasteiger partial charge on any atom is -0.381 e. The zero-order valence-corrected chi connectivity index (χ0v) is 9.23. The molecule has 1 aromatic rings. The number of nitrogens with one attached hydrogen (secondary N) is 1. The highest BCUT2D eigenvalue weighted by Crippen LogP contribution is 2.31. The molecule has 3 N–H and O–H groups in total. The molecular weight excluding hydrogens is 225 g/mol. The van der Waals surface area contributed by atoms with Gasteiger partial charge >= 0.3 is 0 Å². The predicted molar refractivity (Wildman–Crippen MR) is 62.2 cm³/mol. The van der Waals surface area contributed by atoms with Crippen LogP contribution in [0.4, 0.5) is 15.8 Å². The molecule has 1 aromatic carbocycles. The van der Waals surface area contributed by atoms with Crippen molar-refractivity contribution in [2.24, 2.45) is 11.7 Å². The van der Waals surface area contributed by atoms with Gasteiger partial charge in [-0.05, 0) is 24.8 Å². The molecule has 0 radical (unpaired) electrons. The summed E-state index contributed by atoms with van der Waals surface area (Å²) in [7, 11) is 0. The molecule has 1 fully saturated rings. The van der Waals surface area contributed by atoms with Crippen LogP contribution in [0.25, 0.3) is 0 Å². The first-order valence-corrected chi connectivity index (χ1v) is 5.51. The van der Waals surface area contributed by atoms with Crippen LogP contribution >= 0.6 is 0 Å². The number of halogens is 1. The Morgan fingerprint density at radius 2 is 2.29 bits per heavy atom. The summed E-state index contributed by atoms with van der Waals surface area (Å²) in [5.41, 5.74) is 5.87. The van der Waals surface area contributed by atoms with Crippen LogP contribution in [0.2, 0.25) is 0 Å². The minimum atomic E-state index is -0.623. The highest BCUT2D eigenvalue weighted by atomic mass is 19.1. The Balaban J connectivity index is 1.98. The highest BCUT2D eigenvalue weighted by Gasteiger charge is 2.28. The lowest BCUT2D eigenvalue weighted by Crippen LogP contribution is -2.31. The zero-order valence-electron chi connectivity index (χ0n) is 9.23. The molecule has 0 aliphatic heterocycles. The number of anilines is 1. The van der Waals surface area contributed by atoms with Crippen molar-refractivity contribution in [1.82, 2.24) is 0 Å². The van der Waals surface area contributed by atoms with Crippen molar-refractivity contribution >= 4 is 11.4 Å². The topological polar surface area (TPSA) is 81.2 Å². The molecule has 6 heteroatoms. The Bertz CT molecular complexity index is 435. The highest BCUT2D eigenvalue weighted by molar-refractivity contribution is 5.50. The first kappa shape index (κ1) is 11.8. The van der Waals surface area contributed by atoms with Gasteiger partial charge in [0.15, 0.2) is 5.82 Å². The number of rotatable bonds is 5. The van der Waals surface area contributed by atoms with Gasteiger partial charge in [-0.1, -0.05) is 0 Å². The van der Waals surface area contributed by atoms with Crippen molar-refractivity contribution in [3.05, 3.63) is 34.1 Å². The van der Waals surface area contributed by atoms with Gasteiger partial charge in [0, 0.05) is 18.7 Å². The van der Waals surface area contributed by atoms with E-state index in [-0.39, 0.29) is 17.4 Å². The maximum Gasteiger partial charge on any atom is 0.272 e. The number of nitro benzene ring substituents is 1. The fourth-order valence-corrected chi connectivity index (χ4v) is 1.68. The first-order valence-electron chi connectivity index (χ1n) is 5.51. The number of benzene rings is 1. The molecule has 92 valence electrons. The first-order chi connectivity index (χ1) is 8.08. The van der Waals surface area contributed by atoms with Crippen molar-refractivity contribution in [3.63, 3.8) is 0 Å². The normalized spacial score (nSPS) is 16.6. The van der Waals surface area contributed by atoms with E-state index in [1.54, 1.807) is 0 Å². The van der Waals surface area contributed by atoms with Crippen molar-refractivity contribution in [2.45, 2.75) is 18.9 Å². The lowest BCUT2D eigenvalue weighted by molar-refractivity contribution is -0.385. The number of nitro groups is 1. The maximum absolute atomic E-state index is 13.5. The average molecular weight is 239 g/mol. The van der Waals surface area contributed by atoms with Crippen LogP contribution in [0.1, 0.15) is 12.8 Å². The van der Waals surface area contributed by atoms with E-state index in [1.807, 2.05) is 0 Å².